The van der Waals surface area contributed by atoms with E-state index in [9.17, 15) is 19.3 Å². The number of carbonyl (C=O) groups excluding carboxylic acids is 1. The Labute approximate surface area is 109 Å². The van der Waals surface area contributed by atoms with Crippen LogP contribution < -0.4 is 5.32 Å². The summed E-state index contributed by atoms with van der Waals surface area (Å²) in [4.78, 5) is 21.3. The number of amides is 1. The molecule has 1 aromatic carbocycles. The van der Waals surface area contributed by atoms with Crippen molar-refractivity contribution in [2.45, 2.75) is 25.9 Å². The molecule has 0 aromatic heterocycles. The molecule has 19 heavy (non-hydrogen) atoms. The quantitative estimate of drug-likeness (QED) is 0.466. The van der Waals surface area contributed by atoms with Crippen molar-refractivity contribution in [2.24, 2.45) is 0 Å². The molecule has 0 heterocycles. The topological polar surface area (TPSA) is 92.5 Å². The predicted molar refractivity (Wildman–Crippen MR) is 66.3 cm³/mol. The summed E-state index contributed by atoms with van der Waals surface area (Å²) in [5.41, 5.74) is -0.634. The van der Waals surface area contributed by atoms with Crippen molar-refractivity contribution >= 4 is 11.6 Å². The summed E-state index contributed by atoms with van der Waals surface area (Å²) in [5, 5.41) is 21.9. The van der Waals surface area contributed by atoms with Crippen LogP contribution in [0.1, 0.15) is 30.1 Å². The Kier molecular flexibility index (Phi) is 5.37. The molecule has 0 saturated carbocycles. The van der Waals surface area contributed by atoms with Crippen molar-refractivity contribution in [3.05, 3.63) is 39.7 Å². The second-order valence-corrected chi connectivity index (χ2v) is 4.17. The first-order chi connectivity index (χ1) is 8.91. The van der Waals surface area contributed by atoms with Crippen LogP contribution in [0.15, 0.2) is 18.2 Å². The van der Waals surface area contributed by atoms with Crippen LogP contribution in [0.4, 0.5) is 10.1 Å². The van der Waals surface area contributed by atoms with E-state index in [0.717, 1.165) is 12.1 Å². The minimum atomic E-state index is -0.928. The van der Waals surface area contributed by atoms with Crippen LogP contribution >= 0.6 is 0 Å². The zero-order valence-electron chi connectivity index (χ0n) is 10.4. The van der Waals surface area contributed by atoms with Gasteiger partial charge in [-0.1, -0.05) is 0 Å². The zero-order valence-corrected chi connectivity index (χ0v) is 10.4. The summed E-state index contributed by atoms with van der Waals surface area (Å²) < 4.78 is 13.5. The average Bonchev–Trinajstić information content (AvgIpc) is 2.33. The Balaban J connectivity index is 2.60. The number of hydrogen-bond donors (Lipinski definition) is 2. The molecule has 7 heteroatoms. The highest BCUT2D eigenvalue weighted by Gasteiger charge is 2.15. The highest BCUT2D eigenvalue weighted by molar-refractivity contribution is 5.94. The standard InChI is InChI=1S/C12H15FN2O4/c1-8(16)3-2-6-14-12(17)10-5-4-9(15(18)19)7-11(10)13/h4-5,7-8,16H,2-3,6H2,1H3,(H,14,17). The van der Waals surface area contributed by atoms with Crippen molar-refractivity contribution < 1.29 is 19.2 Å². The first kappa shape index (κ1) is 15.0. The number of hydrogen-bond acceptors (Lipinski definition) is 4. The molecule has 0 aliphatic carbocycles. The molecule has 0 radical (unpaired) electrons. The molecule has 0 saturated heterocycles. The van der Waals surface area contributed by atoms with Gasteiger partial charge in [0, 0.05) is 12.6 Å². The summed E-state index contributed by atoms with van der Waals surface area (Å²) in [5.74, 6) is -1.56. The van der Waals surface area contributed by atoms with E-state index < -0.39 is 28.4 Å². The summed E-state index contributed by atoms with van der Waals surface area (Å²) in [6.45, 7) is 1.94. The third-order valence-corrected chi connectivity index (χ3v) is 2.49. The molecule has 1 atom stereocenters. The lowest BCUT2D eigenvalue weighted by atomic mass is 10.1. The monoisotopic (exact) mass is 270 g/mol. The van der Waals surface area contributed by atoms with Gasteiger partial charge in [0.25, 0.3) is 11.6 Å². The van der Waals surface area contributed by atoms with Crippen LogP contribution in [0, 0.1) is 15.9 Å². The Morgan fingerprint density at radius 1 is 1.58 bits per heavy atom. The fourth-order valence-electron chi connectivity index (χ4n) is 1.50. The van der Waals surface area contributed by atoms with Crippen molar-refractivity contribution in [1.29, 1.82) is 0 Å². The molecule has 1 aromatic rings. The lowest BCUT2D eigenvalue weighted by molar-refractivity contribution is -0.385. The van der Waals surface area contributed by atoms with Crippen LogP contribution in [-0.4, -0.2) is 28.6 Å². The van der Waals surface area contributed by atoms with Crippen LogP contribution in [-0.2, 0) is 0 Å². The highest BCUT2D eigenvalue weighted by atomic mass is 19.1. The maximum Gasteiger partial charge on any atom is 0.272 e. The molecule has 6 nitrogen and oxygen atoms in total. The summed E-state index contributed by atoms with van der Waals surface area (Å²) in [6.07, 6.45) is 0.647. The normalized spacial score (nSPS) is 11.9. The van der Waals surface area contributed by atoms with E-state index in [0.29, 0.717) is 25.5 Å². The van der Waals surface area contributed by atoms with E-state index >= 15 is 0 Å². The summed E-state index contributed by atoms with van der Waals surface area (Å²) in [7, 11) is 0. The Hall–Kier alpha value is -2.02. The number of carbonyl (C=O) groups is 1. The van der Waals surface area contributed by atoms with Crippen LogP contribution in [0.2, 0.25) is 0 Å². The third-order valence-electron chi connectivity index (χ3n) is 2.49. The fraction of sp³-hybridized carbons (Fsp3) is 0.417. The van der Waals surface area contributed by atoms with Crippen LogP contribution in [0.25, 0.3) is 0 Å². The summed E-state index contributed by atoms with van der Waals surface area (Å²) in [6, 6.07) is 2.87. The Bertz CT molecular complexity index is 477. The smallest absolute Gasteiger partial charge is 0.272 e. The maximum atomic E-state index is 13.5. The van der Waals surface area contributed by atoms with Gasteiger partial charge in [-0.25, -0.2) is 4.39 Å². The summed E-state index contributed by atoms with van der Waals surface area (Å²) >= 11 is 0. The number of aliphatic hydroxyl groups excluding tert-OH is 1. The second-order valence-electron chi connectivity index (χ2n) is 4.17. The van der Waals surface area contributed by atoms with Gasteiger partial charge in [-0.3, -0.25) is 14.9 Å². The first-order valence-electron chi connectivity index (χ1n) is 5.82. The molecular weight excluding hydrogens is 255 g/mol. The maximum absolute atomic E-state index is 13.5. The van der Waals surface area contributed by atoms with E-state index in [1.165, 1.54) is 0 Å². The van der Waals surface area contributed by atoms with Crippen LogP contribution in [0.3, 0.4) is 0 Å². The molecule has 104 valence electrons. The van der Waals surface area contributed by atoms with Gasteiger partial charge in [0.1, 0.15) is 5.82 Å². The van der Waals surface area contributed by atoms with Gasteiger partial charge in [0.15, 0.2) is 0 Å². The molecule has 1 amide bonds. The second kappa shape index (κ2) is 6.79. The molecule has 0 fully saturated rings. The fourth-order valence-corrected chi connectivity index (χ4v) is 1.50. The average molecular weight is 270 g/mol. The number of nitrogens with one attached hydrogen (secondary N) is 1. The van der Waals surface area contributed by atoms with Gasteiger partial charge in [-0.05, 0) is 25.8 Å². The lowest BCUT2D eigenvalue weighted by Crippen LogP contribution is -2.26. The minimum absolute atomic E-state index is 0.234. The lowest BCUT2D eigenvalue weighted by Gasteiger charge is -2.07. The molecule has 0 bridgehead atoms. The number of nitro groups is 1. The van der Waals surface area contributed by atoms with Crippen molar-refractivity contribution in [3.8, 4) is 0 Å². The number of rotatable bonds is 6. The number of aliphatic hydroxyl groups is 1. The van der Waals surface area contributed by atoms with Crippen molar-refractivity contribution in [3.63, 3.8) is 0 Å². The van der Waals surface area contributed by atoms with E-state index in [4.69, 9.17) is 5.11 Å². The SMILES string of the molecule is CC(O)CCCNC(=O)c1ccc([N+](=O)[O-])cc1F. The van der Waals surface area contributed by atoms with Gasteiger partial charge >= 0.3 is 0 Å². The minimum Gasteiger partial charge on any atom is -0.393 e. The van der Waals surface area contributed by atoms with E-state index in [1.54, 1.807) is 6.92 Å². The highest BCUT2D eigenvalue weighted by Crippen LogP contribution is 2.16. The number of nitro benzene ring substituents is 1. The predicted octanol–water partition coefficient (Wildman–Crippen LogP) is 1.62. The Morgan fingerprint density at radius 2 is 2.26 bits per heavy atom. The molecule has 0 aliphatic heterocycles. The number of benzene rings is 1. The van der Waals surface area contributed by atoms with Gasteiger partial charge in [-0.15, -0.1) is 0 Å². The number of halogens is 1. The van der Waals surface area contributed by atoms with Crippen LogP contribution in [0.5, 0.6) is 0 Å². The molecular formula is C12H15FN2O4. The molecule has 1 unspecified atom stereocenters. The van der Waals surface area contributed by atoms with Gasteiger partial charge in [0.05, 0.1) is 22.7 Å². The van der Waals surface area contributed by atoms with Gasteiger partial charge in [0.2, 0.25) is 0 Å². The molecule has 1 rings (SSSR count). The zero-order chi connectivity index (χ0) is 14.4. The first-order valence-corrected chi connectivity index (χ1v) is 5.82. The van der Waals surface area contributed by atoms with E-state index in [1.807, 2.05) is 0 Å². The Morgan fingerprint density at radius 3 is 2.79 bits per heavy atom. The number of non-ortho nitro benzene ring substituents is 1. The molecule has 0 spiro atoms. The van der Waals surface area contributed by atoms with E-state index in [-0.39, 0.29) is 5.56 Å². The van der Waals surface area contributed by atoms with Crippen molar-refractivity contribution in [2.75, 3.05) is 6.54 Å². The van der Waals surface area contributed by atoms with E-state index in [2.05, 4.69) is 5.32 Å². The van der Waals surface area contributed by atoms with Crippen molar-refractivity contribution in [1.82, 2.24) is 5.32 Å². The molecule has 0 aliphatic rings. The third kappa shape index (κ3) is 4.63. The number of nitrogens with zero attached hydrogens (tertiary/aromatic N) is 1. The molecule has 2 N–H and O–H groups in total. The largest absolute Gasteiger partial charge is 0.393 e. The van der Waals surface area contributed by atoms with Gasteiger partial charge in [-0.2, -0.15) is 0 Å². The van der Waals surface area contributed by atoms with Gasteiger partial charge < -0.3 is 10.4 Å².